The number of benzene rings is 1. The number of hydrogen-bond donors (Lipinski definition) is 2. The van der Waals surface area contributed by atoms with Crippen LogP contribution < -0.4 is 5.32 Å². The molecule has 7 nitrogen and oxygen atoms in total. The first kappa shape index (κ1) is 18.6. The highest BCUT2D eigenvalue weighted by molar-refractivity contribution is 7.18. The van der Waals surface area contributed by atoms with E-state index in [1.54, 1.807) is 13.0 Å². The number of carboxylic acid groups (broad SMARTS) is 1. The molecule has 1 fully saturated rings. The predicted octanol–water partition coefficient (Wildman–Crippen LogP) is 4.54. The van der Waals surface area contributed by atoms with Crippen LogP contribution in [-0.2, 0) is 4.79 Å². The molecule has 3 rings (SSSR count). The quantitative estimate of drug-likeness (QED) is 0.423. The molecule has 1 aromatic carbocycles. The second-order valence-electron chi connectivity index (χ2n) is 6.13. The topological polar surface area (TPSA) is 110 Å². The summed E-state index contributed by atoms with van der Waals surface area (Å²) >= 11 is 12.9. The van der Waals surface area contributed by atoms with Crippen LogP contribution in [-0.4, -0.2) is 26.2 Å². The number of thiophene rings is 1. The summed E-state index contributed by atoms with van der Waals surface area (Å²) in [5, 5.41) is 22.9. The average molecular weight is 415 g/mol. The van der Waals surface area contributed by atoms with Crippen LogP contribution in [0, 0.1) is 15.5 Å². The molecule has 1 saturated carbocycles. The molecular weight excluding hydrogens is 403 g/mol. The Labute approximate surface area is 161 Å². The molecule has 2 N–H and O–H groups in total. The van der Waals surface area contributed by atoms with Gasteiger partial charge in [0.05, 0.1) is 16.0 Å². The number of hydrogen-bond acceptors (Lipinski definition) is 5. The van der Waals surface area contributed by atoms with Crippen molar-refractivity contribution in [3.63, 3.8) is 0 Å². The van der Waals surface area contributed by atoms with E-state index in [1.807, 2.05) is 0 Å². The Balaban J connectivity index is 1.95. The molecule has 1 atom stereocenters. The normalized spacial score (nSPS) is 20.4. The molecule has 1 unspecified atom stereocenters. The molecule has 10 heteroatoms. The van der Waals surface area contributed by atoms with Gasteiger partial charge in [-0.15, -0.1) is 34.5 Å². The van der Waals surface area contributed by atoms with Gasteiger partial charge in [-0.05, 0) is 25.0 Å². The lowest BCUT2D eigenvalue weighted by atomic mass is 10.1. The van der Waals surface area contributed by atoms with Crippen LogP contribution >= 0.6 is 34.5 Å². The number of nitrogens with one attached hydrogen (secondary N) is 1. The minimum Gasteiger partial charge on any atom is -0.477 e. The molecule has 0 saturated heterocycles. The van der Waals surface area contributed by atoms with Crippen LogP contribution in [0.5, 0.6) is 0 Å². The molecule has 0 bridgehead atoms. The van der Waals surface area contributed by atoms with Gasteiger partial charge < -0.3 is 10.4 Å². The van der Waals surface area contributed by atoms with E-state index >= 15 is 0 Å². The standard InChI is InChI=1S/C16H12Cl2N2O5S/c1-15(7-16(15,17)18)14(23)19-10-6-11(26-12(10)13(21)22)8-3-2-4-9(5-8)20(24)25/h2-6H,7H2,1H3,(H,19,23)(H,21,22). The molecular formula is C16H12Cl2N2O5S. The van der Waals surface area contributed by atoms with Crippen molar-refractivity contribution >= 4 is 57.8 Å². The minimum atomic E-state index is -1.22. The summed E-state index contributed by atoms with van der Waals surface area (Å²) in [5.41, 5.74) is -0.530. The first-order valence-electron chi connectivity index (χ1n) is 7.36. The van der Waals surface area contributed by atoms with E-state index in [-0.39, 0.29) is 22.7 Å². The Morgan fingerprint density at radius 3 is 2.54 bits per heavy atom. The van der Waals surface area contributed by atoms with E-state index in [4.69, 9.17) is 23.2 Å². The van der Waals surface area contributed by atoms with Gasteiger partial charge in [0.25, 0.3) is 5.69 Å². The average Bonchev–Trinajstić information content (AvgIpc) is 2.92. The molecule has 0 spiro atoms. The Morgan fingerprint density at radius 2 is 2.00 bits per heavy atom. The third-order valence-corrected chi connectivity index (χ3v) is 6.55. The van der Waals surface area contributed by atoms with Gasteiger partial charge in [-0.25, -0.2) is 4.79 Å². The van der Waals surface area contributed by atoms with Crippen LogP contribution in [0.4, 0.5) is 11.4 Å². The zero-order chi connectivity index (χ0) is 19.3. The molecule has 1 amide bonds. The molecule has 26 heavy (non-hydrogen) atoms. The zero-order valence-corrected chi connectivity index (χ0v) is 15.6. The van der Waals surface area contributed by atoms with Crippen molar-refractivity contribution in [3.05, 3.63) is 45.3 Å². The highest BCUT2D eigenvalue weighted by Crippen LogP contribution is 2.64. The van der Waals surface area contributed by atoms with Crippen LogP contribution in [0.1, 0.15) is 23.0 Å². The van der Waals surface area contributed by atoms with Gasteiger partial charge in [-0.2, -0.15) is 0 Å². The minimum absolute atomic E-state index is 0.0844. The third kappa shape index (κ3) is 3.15. The maximum atomic E-state index is 12.4. The van der Waals surface area contributed by atoms with E-state index in [0.717, 1.165) is 11.3 Å². The van der Waals surface area contributed by atoms with Crippen LogP contribution in [0.2, 0.25) is 0 Å². The summed E-state index contributed by atoms with van der Waals surface area (Å²) in [6, 6.07) is 7.29. The van der Waals surface area contributed by atoms with Gasteiger partial charge >= 0.3 is 5.97 Å². The van der Waals surface area contributed by atoms with Gasteiger partial charge in [0.1, 0.15) is 9.21 Å². The number of carboxylic acids is 1. The van der Waals surface area contributed by atoms with Crippen molar-refractivity contribution in [3.8, 4) is 10.4 Å². The zero-order valence-electron chi connectivity index (χ0n) is 13.3. The Hall–Kier alpha value is -2.16. The van der Waals surface area contributed by atoms with Crippen molar-refractivity contribution in [1.29, 1.82) is 0 Å². The van der Waals surface area contributed by atoms with Crippen molar-refractivity contribution < 1.29 is 19.6 Å². The number of nitro benzene ring substituents is 1. The van der Waals surface area contributed by atoms with Gasteiger partial charge in [-0.1, -0.05) is 12.1 Å². The Bertz CT molecular complexity index is 942. The predicted molar refractivity (Wildman–Crippen MR) is 99.2 cm³/mol. The lowest BCUT2D eigenvalue weighted by Gasteiger charge is -2.12. The van der Waals surface area contributed by atoms with E-state index in [0.29, 0.717) is 10.4 Å². The van der Waals surface area contributed by atoms with E-state index in [2.05, 4.69) is 5.32 Å². The summed E-state index contributed by atoms with van der Waals surface area (Å²) < 4.78 is -1.18. The van der Waals surface area contributed by atoms with Gasteiger partial charge in [0, 0.05) is 17.0 Å². The van der Waals surface area contributed by atoms with Crippen molar-refractivity contribution in [2.24, 2.45) is 5.41 Å². The second kappa shape index (κ2) is 6.22. The smallest absolute Gasteiger partial charge is 0.348 e. The first-order valence-corrected chi connectivity index (χ1v) is 8.94. The summed E-state index contributed by atoms with van der Waals surface area (Å²) in [7, 11) is 0. The van der Waals surface area contributed by atoms with Crippen molar-refractivity contribution in [1.82, 2.24) is 0 Å². The molecule has 1 aliphatic carbocycles. The fraction of sp³-hybridized carbons (Fsp3) is 0.250. The summed E-state index contributed by atoms with van der Waals surface area (Å²) in [6.07, 6.45) is 0.263. The molecule has 1 aliphatic rings. The molecule has 136 valence electrons. The van der Waals surface area contributed by atoms with E-state index in [1.165, 1.54) is 24.3 Å². The summed E-state index contributed by atoms with van der Waals surface area (Å²) in [5.74, 6) is -1.70. The number of nitrogens with zero attached hydrogens (tertiary/aromatic N) is 1. The highest BCUT2D eigenvalue weighted by atomic mass is 35.5. The fourth-order valence-corrected chi connectivity index (χ4v) is 4.12. The number of halogens is 2. The van der Waals surface area contributed by atoms with Crippen LogP contribution in [0.15, 0.2) is 30.3 Å². The molecule has 1 aromatic heterocycles. The Morgan fingerprint density at radius 1 is 1.35 bits per heavy atom. The maximum absolute atomic E-state index is 12.4. The van der Waals surface area contributed by atoms with Crippen molar-refractivity contribution in [2.45, 2.75) is 17.7 Å². The number of amides is 1. The largest absolute Gasteiger partial charge is 0.477 e. The van der Waals surface area contributed by atoms with Crippen molar-refractivity contribution in [2.75, 3.05) is 5.32 Å². The van der Waals surface area contributed by atoms with Crippen LogP contribution in [0.25, 0.3) is 10.4 Å². The first-order chi connectivity index (χ1) is 12.0. The molecule has 1 heterocycles. The number of nitro groups is 1. The Kier molecular flexibility index (Phi) is 4.46. The number of carbonyl (C=O) groups excluding carboxylic acids is 1. The van der Waals surface area contributed by atoms with Gasteiger partial charge in [0.2, 0.25) is 5.91 Å². The highest BCUT2D eigenvalue weighted by Gasteiger charge is 2.68. The molecule has 2 aromatic rings. The van der Waals surface area contributed by atoms with Crippen LogP contribution in [0.3, 0.4) is 0 Å². The number of rotatable bonds is 5. The number of carbonyl (C=O) groups is 2. The van der Waals surface area contributed by atoms with Gasteiger partial charge in [0.15, 0.2) is 0 Å². The number of alkyl halides is 2. The molecule has 0 radical (unpaired) electrons. The third-order valence-electron chi connectivity index (χ3n) is 4.28. The summed E-state index contributed by atoms with van der Waals surface area (Å²) in [4.78, 5) is 34.7. The number of anilines is 1. The fourth-order valence-electron chi connectivity index (χ4n) is 2.46. The molecule has 0 aliphatic heterocycles. The number of non-ortho nitro benzene ring substituents is 1. The van der Waals surface area contributed by atoms with Gasteiger partial charge in [-0.3, -0.25) is 14.9 Å². The lowest BCUT2D eigenvalue weighted by molar-refractivity contribution is -0.384. The summed E-state index contributed by atoms with van der Waals surface area (Å²) in [6.45, 7) is 1.59. The van der Waals surface area contributed by atoms with E-state index in [9.17, 15) is 24.8 Å². The SMILES string of the molecule is CC1(C(=O)Nc2cc(-c3cccc([N+](=O)[O-])c3)sc2C(=O)O)CC1(Cl)Cl. The van der Waals surface area contributed by atoms with E-state index < -0.39 is 26.5 Å². The number of aromatic carboxylic acids is 1. The second-order valence-corrected chi connectivity index (χ2v) is 8.67. The maximum Gasteiger partial charge on any atom is 0.348 e. The lowest BCUT2D eigenvalue weighted by Crippen LogP contribution is -2.26. The monoisotopic (exact) mass is 414 g/mol.